The molecule has 0 saturated carbocycles. The van der Waals surface area contributed by atoms with E-state index in [-0.39, 0.29) is 5.41 Å². The van der Waals surface area contributed by atoms with Crippen LogP contribution in [0.3, 0.4) is 0 Å². The van der Waals surface area contributed by atoms with Crippen LogP contribution < -0.4 is 10.1 Å². The van der Waals surface area contributed by atoms with Crippen LogP contribution in [0.1, 0.15) is 46.6 Å². The van der Waals surface area contributed by atoms with Crippen LogP contribution >= 0.6 is 0 Å². The van der Waals surface area contributed by atoms with Gasteiger partial charge in [0.05, 0.1) is 0 Å². The molecule has 0 fully saturated rings. The fourth-order valence-electron chi connectivity index (χ4n) is 2.00. The smallest absolute Gasteiger partial charge is 0.119 e. The first kappa shape index (κ1) is 18.0. The Morgan fingerprint density at radius 2 is 1.76 bits per heavy atom. The van der Waals surface area contributed by atoms with Gasteiger partial charge in [0.25, 0.3) is 0 Å². The zero-order valence-electron chi connectivity index (χ0n) is 14.1. The molecule has 0 saturated heterocycles. The lowest BCUT2D eigenvalue weighted by atomic mass is 9.82. The molecule has 0 amide bonds. The van der Waals surface area contributed by atoms with Gasteiger partial charge in [-0.15, -0.1) is 0 Å². The number of ether oxygens (including phenoxy) is 1. The van der Waals surface area contributed by atoms with Gasteiger partial charge >= 0.3 is 0 Å². The van der Waals surface area contributed by atoms with Crippen LogP contribution in [0.25, 0.3) is 0 Å². The minimum atomic E-state index is -0.476. The number of benzene rings is 1. The van der Waals surface area contributed by atoms with Crippen LogP contribution in [0, 0.1) is 5.92 Å². The first-order chi connectivity index (χ1) is 9.85. The molecule has 0 bridgehead atoms. The highest BCUT2D eigenvalue weighted by Crippen LogP contribution is 2.27. The second-order valence-electron chi connectivity index (χ2n) is 6.78. The Balaban J connectivity index is 2.39. The van der Waals surface area contributed by atoms with Gasteiger partial charge in [0.15, 0.2) is 0 Å². The highest BCUT2D eigenvalue weighted by molar-refractivity contribution is 5.31. The first-order valence-electron chi connectivity index (χ1n) is 7.97. The Kier molecular flexibility index (Phi) is 7.20. The van der Waals surface area contributed by atoms with Crippen LogP contribution in [0.15, 0.2) is 24.3 Å². The zero-order valence-corrected chi connectivity index (χ0v) is 14.1. The van der Waals surface area contributed by atoms with E-state index < -0.39 is 6.10 Å². The summed E-state index contributed by atoms with van der Waals surface area (Å²) in [5.41, 5.74) is 1.51. The second kappa shape index (κ2) is 8.40. The van der Waals surface area contributed by atoms with Gasteiger partial charge in [-0.1, -0.05) is 46.8 Å². The van der Waals surface area contributed by atoms with E-state index in [0.29, 0.717) is 19.1 Å². The van der Waals surface area contributed by atoms with Gasteiger partial charge in [-0.05, 0) is 42.0 Å². The van der Waals surface area contributed by atoms with Crippen molar-refractivity contribution in [1.82, 2.24) is 5.32 Å². The molecule has 0 spiro atoms. The molecule has 120 valence electrons. The molecule has 0 aliphatic carbocycles. The van der Waals surface area contributed by atoms with Crippen molar-refractivity contribution >= 4 is 0 Å². The standard InChI is InChI=1S/C18H31NO2/c1-6-18(4,5)15-7-9-17(10-8-15)21-13-16(20)12-19-11-14(2)3/h7-10,14,16,19-20H,6,11-13H2,1-5H3. The molecular weight excluding hydrogens is 262 g/mol. The monoisotopic (exact) mass is 293 g/mol. The highest BCUT2D eigenvalue weighted by Gasteiger charge is 2.17. The van der Waals surface area contributed by atoms with Gasteiger partial charge in [0.2, 0.25) is 0 Å². The SMILES string of the molecule is CCC(C)(C)c1ccc(OCC(O)CNCC(C)C)cc1. The van der Waals surface area contributed by atoms with Crippen molar-refractivity contribution in [3.63, 3.8) is 0 Å². The summed E-state index contributed by atoms with van der Waals surface area (Å²) in [5, 5.41) is 13.1. The molecule has 2 N–H and O–H groups in total. The summed E-state index contributed by atoms with van der Waals surface area (Å²) in [6.07, 6.45) is 0.628. The van der Waals surface area contributed by atoms with Gasteiger partial charge in [-0.25, -0.2) is 0 Å². The number of hydrogen-bond donors (Lipinski definition) is 2. The third-order valence-electron chi connectivity index (χ3n) is 3.89. The average Bonchev–Trinajstić information content (AvgIpc) is 2.45. The maximum Gasteiger partial charge on any atom is 0.119 e. The highest BCUT2D eigenvalue weighted by atomic mass is 16.5. The van der Waals surface area contributed by atoms with Crippen molar-refractivity contribution in [3.05, 3.63) is 29.8 Å². The van der Waals surface area contributed by atoms with E-state index in [4.69, 9.17) is 4.74 Å². The Bertz CT molecular complexity index is 398. The fourth-order valence-corrected chi connectivity index (χ4v) is 2.00. The van der Waals surface area contributed by atoms with Gasteiger partial charge in [-0.2, -0.15) is 0 Å². The van der Waals surface area contributed by atoms with Crippen LogP contribution in [-0.4, -0.2) is 30.9 Å². The molecule has 0 aliphatic heterocycles. The Morgan fingerprint density at radius 1 is 1.14 bits per heavy atom. The van der Waals surface area contributed by atoms with E-state index in [0.717, 1.165) is 18.7 Å². The van der Waals surface area contributed by atoms with Gasteiger partial charge in [0.1, 0.15) is 18.5 Å². The number of aliphatic hydroxyl groups is 1. The minimum absolute atomic E-state index is 0.193. The molecule has 3 nitrogen and oxygen atoms in total. The second-order valence-corrected chi connectivity index (χ2v) is 6.78. The third-order valence-corrected chi connectivity index (χ3v) is 3.89. The first-order valence-corrected chi connectivity index (χ1v) is 7.97. The summed E-state index contributed by atoms with van der Waals surface area (Å²) in [6.45, 7) is 12.8. The van der Waals surface area contributed by atoms with E-state index in [9.17, 15) is 5.11 Å². The number of rotatable bonds is 9. The van der Waals surface area contributed by atoms with Gasteiger partial charge in [0, 0.05) is 6.54 Å². The van der Waals surface area contributed by atoms with Crippen molar-refractivity contribution in [3.8, 4) is 5.75 Å². The summed E-state index contributed by atoms with van der Waals surface area (Å²) in [6, 6.07) is 8.20. The molecule has 1 aromatic rings. The van der Waals surface area contributed by atoms with Crippen molar-refractivity contribution in [1.29, 1.82) is 0 Å². The van der Waals surface area contributed by atoms with Crippen LogP contribution in [0.2, 0.25) is 0 Å². The van der Waals surface area contributed by atoms with Gasteiger partial charge in [-0.3, -0.25) is 0 Å². The maximum absolute atomic E-state index is 9.86. The molecule has 1 rings (SSSR count). The lowest BCUT2D eigenvalue weighted by molar-refractivity contribution is 0.106. The van der Waals surface area contributed by atoms with Crippen LogP contribution in [0.5, 0.6) is 5.75 Å². The topological polar surface area (TPSA) is 41.5 Å². The Morgan fingerprint density at radius 3 is 2.29 bits per heavy atom. The van der Waals surface area contributed by atoms with E-state index in [1.807, 2.05) is 12.1 Å². The predicted octanol–water partition coefficient (Wildman–Crippen LogP) is 3.36. The van der Waals surface area contributed by atoms with Gasteiger partial charge < -0.3 is 15.2 Å². The minimum Gasteiger partial charge on any atom is -0.491 e. The molecule has 0 radical (unpaired) electrons. The number of aliphatic hydroxyl groups excluding tert-OH is 1. The number of hydrogen-bond acceptors (Lipinski definition) is 3. The van der Waals surface area contributed by atoms with Crippen molar-refractivity contribution in [2.45, 2.75) is 52.6 Å². The summed E-state index contributed by atoms with van der Waals surface area (Å²) >= 11 is 0. The van der Waals surface area contributed by atoms with Crippen LogP contribution in [-0.2, 0) is 5.41 Å². The maximum atomic E-state index is 9.86. The van der Waals surface area contributed by atoms with Crippen molar-refractivity contribution in [2.75, 3.05) is 19.7 Å². The average molecular weight is 293 g/mol. The molecule has 0 heterocycles. The van der Waals surface area contributed by atoms with E-state index in [1.54, 1.807) is 0 Å². The largest absolute Gasteiger partial charge is 0.491 e. The molecule has 0 aromatic heterocycles. The fraction of sp³-hybridized carbons (Fsp3) is 0.667. The third kappa shape index (κ3) is 6.49. The Labute approximate surface area is 129 Å². The van der Waals surface area contributed by atoms with E-state index in [1.165, 1.54) is 5.56 Å². The quantitative estimate of drug-likeness (QED) is 0.733. The van der Waals surface area contributed by atoms with Crippen molar-refractivity contribution in [2.24, 2.45) is 5.92 Å². The lowest BCUT2D eigenvalue weighted by Gasteiger charge is -2.23. The van der Waals surface area contributed by atoms with E-state index >= 15 is 0 Å². The molecule has 0 aliphatic rings. The predicted molar refractivity (Wildman–Crippen MR) is 89.0 cm³/mol. The number of nitrogens with one attached hydrogen (secondary N) is 1. The molecule has 1 atom stereocenters. The zero-order chi connectivity index (χ0) is 15.9. The molecule has 1 aromatic carbocycles. The summed E-state index contributed by atoms with van der Waals surface area (Å²) in [7, 11) is 0. The molecule has 3 heteroatoms. The molecular formula is C18H31NO2. The van der Waals surface area contributed by atoms with Crippen LogP contribution in [0.4, 0.5) is 0 Å². The summed E-state index contributed by atoms with van der Waals surface area (Å²) in [4.78, 5) is 0. The normalized spacial score (nSPS) is 13.5. The molecule has 21 heavy (non-hydrogen) atoms. The van der Waals surface area contributed by atoms with E-state index in [2.05, 4.69) is 52.1 Å². The van der Waals surface area contributed by atoms with Crippen molar-refractivity contribution < 1.29 is 9.84 Å². The lowest BCUT2D eigenvalue weighted by Crippen LogP contribution is -2.33. The molecule has 1 unspecified atom stereocenters. The summed E-state index contributed by atoms with van der Waals surface area (Å²) < 4.78 is 5.64. The Hall–Kier alpha value is -1.06. The summed E-state index contributed by atoms with van der Waals surface area (Å²) in [5.74, 6) is 1.40.